The SMILES string of the molecule is O=C(O)C1CCCCN1CC(=O)N1c2ccccc2CCc2ccccc21. The second-order valence-electron chi connectivity index (χ2n) is 7.31. The molecule has 0 bridgehead atoms. The molecule has 140 valence electrons. The van der Waals surface area contributed by atoms with Crippen molar-refractivity contribution < 1.29 is 14.7 Å². The average Bonchev–Trinajstić information content (AvgIpc) is 2.85. The number of benzene rings is 2. The molecule has 2 heterocycles. The molecule has 1 N–H and O–H groups in total. The molecule has 1 atom stereocenters. The summed E-state index contributed by atoms with van der Waals surface area (Å²) in [7, 11) is 0. The molecule has 1 saturated heterocycles. The van der Waals surface area contributed by atoms with E-state index >= 15 is 0 Å². The van der Waals surface area contributed by atoms with Gasteiger partial charge in [0, 0.05) is 0 Å². The number of aryl methyl sites for hydroxylation is 2. The molecular formula is C22H24N2O3. The zero-order chi connectivity index (χ0) is 18.8. The molecule has 0 aromatic heterocycles. The Morgan fingerprint density at radius 1 is 0.926 bits per heavy atom. The van der Waals surface area contributed by atoms with Crippen LogP contribution in [-0.2, 0) is 22.4 Å². The van der Waals surface area contributed by atoms with E-state index in [1.807, 2.05) is 41.3 Å². The first-order valence-electron chi connectivity index (χ1n) is 9.61. The molecule has 0 spiro atoms. The highest BCUT2D eigenvalue weighted by molar-refractivity contribution is 6.03. The van der Waals surface area contributed by atoms with Gasteiger partial charge in [-0.05, 0) is 55.5 Å². The Bertz CT molecular complexity index is 817. The van der Waals surface area contributed by atoms with Crippen molar-refractivity contribution in [3.05, 3.63) is 59.7 Å². The van der Waals surface area contributed by atoms with Crippen molar-refractivity contribution in [3.63, 3.8) is 0 Å². The summed E-state index contributed by atoms with van der Waals surface area (Å²) in [4.78, 5) is 28.6. The predicted molar refractivity (Wildman–Crippen MR) is 104 cm³/mol. The van der Waals surface area contributed by atoms with Crippen LogP contribution in [0.1, 0.15) is 30.4 Å². The first kappa shape index (κ1) is 17.7. The van der Waals surface area contributed by atoms with Crippen molar-refractivity contribution in [3.8, 4) is 0 Å². The third kappa shape index (κ3) is 3.47. The molecule has 1 fully saturated rings. The van der Waals surface area contributed by atoms with Gasteiger partial charge in [0.25, 0.3) is 0 Å². The monoisotopic (exact) mass is 364 g/mol. The Hall–Kier alpha value is -2.66. The lowest BCUT2D eigenvalue weighted by Crippen LogP contribution is -2.49. The summed E-state index contributed by atoms with van der Waals surface area (Å²) in [6.07, 6.45) is 4.22. The number of likely N-dealkylation sites (tertiary alicyclic amines) is 1. The summed E-state index contributed by atoms with van der Waals surface area (Å²) in [5.74, 6) is -0.899. The maximum absolute atomic E-state index is 13.4. The van der Waals surface area contributed by atoms with Crippen molar-refractivity contribution in [2.24, 2.45) is 0 Å². The number of anilines is 2. The number of para-hydroxylation sites is 2. The number of nitrogens with zero attached hydrogens (tertiary/aromatic N) is 2. The van der Waals surface area contributed by atoms with E-state index in [9.17, 15) is 14.7 Å². The number of rotatable bonds is 3. The van der Waals surface area contributed by atoms with Crippen LogP contribution in [0.2, 0.25) is 0 Å². The summed E-state index contributed by atoms with van der Waals surface area (Å²) in [6.45, 7) is 0.777. The van der Waals surface area contributed by atoms with Crippen LogP contribution in [0.15, 0.2) is 48.5 Å². The lowest BCUT2D eigenvalue weighted by atomic mass is 10.0. The fraction of sp³-hybridized carbons (Fsp3) is 0.364. The van der Waals surface area contributed by atoms with E-state index in [1.54, 1.807) is 4.90 Å². The van der Waals surface area contributed by atoms with E-state index in [4.69, 9.17) is 0 Å². The molecular weight excluding hydrogens is 340 g/mol. The topological polar surface area (TPSA) is 60.9 Å². The zero-order valence-corrected chi connectivity index (χ0v) is 15.3. The van der Waals surface area contributed by atoms with E-state index < -0.39 is 12.0 Å². The number of carboxylic acid groups (broad SMARTS) is 1. The Morgan fingerprint density at radius 3 is 2.11 bits per heavy atom. The fourth-order valence-corrected chi connectivity index (χ4v) is 4.25. The molecule has 0 saturated carbocycles. The third-order valence-corrected chi connectivity index (χ3v) is 5.62. The summed E-state index contributed by atoms with van der Waals surface area (Å²) in [5, 5.41) is 9.53. The molecule has 0 aliphatic carbocycles. The fourth-order valence-electron chi connectivity index (χ4n) is 4.25. The molecule has 0 radical (unpaired) electrons. The molecule has 27 heavy (non-hydrogen) atoms. The Kier molecular flexibility index (Phi) is 4.94. The number of carbonyl (C=O) groups is 2. The highest BCUT2D eigenvalue weighted by Gasteiger charge is 2.33. The van der Waals surface area contributed by atoms with E-state index in [-0.39, 0.29) is 12.5 Å². The van der Waals surface area contributed by atoms with Crippen LogP contribution in [0.3, 0.4) is 0 Å². The predicted octanol–water partition coefficient (Wildman–Crippen LogP) is 3.39. The van der Waals surface area contributed by atoms with E-state index in [1.165, 1.54) is 0 Å². The van der Waals surface area contributed by atoms with Gasteiger partial charge in [-0.15, -0.1) is 0 Å². The van der Waals surface area contributed by atoms with E-state index in [0.717, 1.165) is 48.2 Å². The minimum Gasteiger partial charge on any atom is -0.480 e. The molecule has 4 rings (SSSR count). The van der Waals surface area contributed by atoms with Crippen LogP contribution < -0.4 is 4.90 Å². The number of carboxylic acids is 1. The molecule has 2 aliphatic rings. The van der Waals surface area contributed by atoms with Crippen molar-refractivity contribution in [2.45, 2.75) is 38.1 Å². The minimum absolute atomic E-state index is 0.0649. The quantitative estimate of drug-likeness (QED) is 0.907. The number of piperidine rings is 1. The summed E-state index contributed by atoms with van der Waals surface area (Å²) >= 11 is 0. The highest BCUT2D eigenvalue weighted by Crippen LogP contribution is 2.36. The van der Waals surface area contributed by atoms with Gasteiger partial charge in [-0.2, -0.15) is 0 Å². The van der Waals surface area contributed by atoms with Crippen molar-refractivity contribution in [1.29, 1.82) is 0 Å². The number of hydrogen-bond acceptors (Lipinski definition) is 3. The van der Waals surface area contributed by atoms with Crippen LogP contribution in [0.5, 0.6) is 0 Å². The van der Waals surface area contributed by atoms with Gasteiger partial charge in [0.2, 0.25) is 5.91 Å². The first-order valence-corrected chi connectivity index (χ1v) is 9.61. The third-order valence-electron chi connectivity index (χ3n) is 5.62. The molecule has 1 amide bonds. The van der Waals surface area contributed by atoms with Crippen LogP contribution >= 0.6 is 0 Å². The van der Waals surface area contributed by atoms with Gasteiger partial charge < -0.3 is 5.11 Å². The standard InChI is InChI=1S/C22H24N2O3/c25-21(15-23-14-6-5-11-20(23)22(26)27)24-18-9-3-1-7-16(18)12-13-17-8-2-4-10-19(17)24/h1-4,7-10,20H,5-6,11-15H2,(H,26,27). The Labute approximate surface area is 159 Å². The second-order valence-corrected chi connectivity index (χ2v) is 7.31. The van der Waals surface area contributed by atoms with Crippen molar-refractivity contribution in [1.82, 2.24) is 4.90 Å². The zero-order valence-electron chi connectivity index (χ0n) is 15.3. The van der Waals surface area contributed by atoms with Crippen LogP contribution in [0.25, 0.3) is 0 Å². The van der Waals surface area contributed by atoms with Gasteiger partial charge >= 0.3 is 5.97 Å². The molecule has 2 aromatic carbocycles. The molecule has 5 heteroatoms. The van der Waals surface area contributed by atoms with Gasteiger partial charge in [0.1, 0.15) is 6.04 Å². The Balaban J connectivity index is 1.69. The number of fused-ring (bicyclic) bond motifs is 2. The lowest BCUT2D eigenvalue weighted by molar-refractivity contribution is -0.145. The van der Waals surface area contributed by atoms with E-state index in [0.29, 0.717) is 13.0 Å². The van der Waals surface area contributed by atoms with Gasteiger partial charge in [-0.25, -0.2) is 0 Å². The number of hydrogen-bond donors (Lipinski definition) is 1. The van der Waals surface area contributed by atoms with E-state index in [2.05, 4.69) is 12.1 Å². The molecule has 5 nitrogen and oxygen atoms in total. The summed E-state index contributed by atoms with van der Waals surface area (Å²) < 4.78 is 0. The normalized spacial score (nSPS) is 19.7. The maximum atomic E-state index is 13.4. The summed E-state index contributed by atoms with van der Waals surface area (Å²) in [5.41, 5.74) is 4.12. The number of aliphatic carboxylic acids is 1. The van der Waals surface area contributed by atoms with Gasteiger partial charge in [0.15, 0.2) is 0 Å². The average molecular weight is 364 g/mol. The van der Waals surface area contributed by atoms with Crippen LogP contribution in [-0.4, -0.2) is 41.0 Å². The minimum atomic E-state index is -0.834. The molecule has 1 unspecified atom stereocenters. The van der Waals surface area contributed by atoms with Crippen LogP contribution in [0, 0.1) is 0 Å². The number of amides is 1. The molecule has 2 aliphatic heterocycles. The Morgan fingerprint density at radius 2 is 1.52 bits per heavy atom. The largest absolute Gasteiger partial charge is 0.480 e. The smallest absolute Gasteiger partial charge is 0.320 e. The maximum Gasteiger partial charge on any atom is 0.320 e. The second kappa shape index (κ2) is 7.53. The first-order chi connectivity index (χ1) is 13.1. The van der Waals surface area contributed by atoms with Gasteiger partial charge in [-0.1, -0.05) is 42.8 Å². The van der Waals surface area contributed by atoms with Crippen molar-refractivity contribution >= 4 is 23.3 Å². The summed E-state index contributed by atoms with van der Waals surface area (Å²) in [6, 6.07) is 15.5. The number of carbonyl (C=O) groups excluding carboxylic acids is 1. The van der Waals surface area contributed by atoms with Gasteiger partial charge in [-0.3, -0.25) is 19.4 Å². The van der Waals surface area contributed by atoms with Crippen molar-refractivity contribution in [2.75, 3.05) is 18.0 Å². The van der Waals surface area contributed by atoms with Gasteiger partial charge in [0.05, 0.1) is 17.9 Å². The lowest BCUT2D eigenvalue weighted by Gasteiger charge is -2.34. The highest BCUT2D eigenvalue weighted by atomic mass is 16.4. The molecule has 2 aromatic rings. The van der Waals surface area contributed by atoms with Crippen LogP contribution in [0.4, 0.5) is 11.4 Å².